The molecule has 0 spiro atoms. The van der Waals surface area contributed by atoms with Gasteiger partial charge in [0.25, 0.3) is 5.91 Å². The van der Waals surface area contributed by atoms with Crippen LogP contribution in [-0.4, -0.2) is 41.7 Å². The summed E-state index contributed by atoms with van der Waals surface area (Å²) in [6.45, 7) is 8.05. The van der Waals surface area contributed by atoms with Gasteiger partial charge in [-0.25, -0.2) is 4.39 Å². The second-order valence-corrected chi connectivity index (χ2v) is 7.94. The quantitative estimate of drug-likeness (QED) is 0.763. The number of carbonyl (C=O) groups is 1. The average Bonchev–Trinajstić information content (AvgIpc) is 2.82. The smallest absolute Gasteiger partial charge is 0.399 e. The molecule has 2 saturated heterocycles. The number of amides is 1. The maximum Gasteiger partial charge on any atom is 0.497 e. The van der Waals surface area contributed by atoms with E-state index in [9.17, 15) is 10.1 Å². The Balaban J connectivity index is 1.91. The predicted octanol–water partition coefficient (Wildman–Crippen LogP) is 2.64. The van der Waals surface area contributed by atoms with Gasteiger partial charge in [-0.3, -0.25) is 4.79 Å². The van der Waals surface area contributed by atoms with E-state index in [4.69, 9.17) is 9.31 Å². The van der Waals surface area contributed by atoms with Crippen molar-refractivity contribution >= 4 is 18.5 Å². The van der Waals surface area contributed by atoms with E-state index in [2.05, 4.69) is 6.07 Å². The highest BCUT2D eigenvalue weighted by molar-refractivity contribution is 6.62. The van der Waals surface area contributed by atoms with Gasteiger partial charge in [-0.2, -0.15) is 5.26 Å². The molecule has 5 nitrogen and oxygen atoms in total. The molecule has 1 aromatic rings. The Bertz CT molecular complexity index is 744. The number of piperidine rings is 1. The van der Waals surface area contributed by atoms with Gasteiger partial charge in [0.05, 0.1) is 22.8 Å². The SMILES string of the molecule is CC1(C)OB(c2cccc(C(=O)N3CCCCC3C#N)c2F)OC1(C)C. The topological polar surface area (TPSA) is 62.6 Å². The lowest BCUT2D eigenvalue weighted by molar-refractivity contribution is 0.00578. The minimum Gasteiger partial charge on any atom is -0.399 e. The van der Waals surface area contributed by atoms with E-state index in [0.717, 1.165) is 12.8 Å². The Morgan fingerprint density at radius 2 is 1.92 bits per heavy atom. The Hall–Kier alpha value is -1.91. The maximum atomic E-state index is 15.2. The lowest BCUT2D eigenvalue weighted by atomic mass is 9.77. The van der Waals surface area contributed by atoms with Gasteiger partial charge in [-0.15, -0.1) is 0 Å². The van der Waals surface area contributed by atoms with Crippen molar-refractivity contribution in [3.05, 3.63) is 29.6 Å². The van der Waals surface area contributed by atoms with Crippen LogP contribution in [-0.2, 0) is 9.31 Å². The van der Waals surface area contributed by atoms with Crippen molar-refractivity contribution in [1.82, 2.24) is 4.90 Å². The number of halogens is 1. The number of hydrogen-bond donors (Lipinski definition) is 0. The van der Waals surface area contributed by atoms with E-state index >= 15 is 4.39 Å². The van der Waals surface area contributed by atoms with Gasteiger partial charge in [0.2, 0.25) is 0 Å². The fourth-order valence-corrected chi connectivity index (χ4v) is 3.33. The monoisotopic (exact) mass is 358 g/mol. The highest BCUT2D eigenvalue weighted by Crippen LogP contribution is 2.36. The largest absolute Gasteiger partial charge is 0.497 e. The van der Waals surface area contributed by atoms with E-state index in [-0.39, 0.29) is 11.0 Å². The zero-order valence-electron chi connectivity index (χ0n) is 15.7. The van der Waals surface area contributed by atoms with Crippen molar-refractivity contribution in [3.8, 4) is 6.07 Å². The molecule has 1 aromatic carbocycles. The van der Waals surface area contributed by atoms with E-state index in [1.165, 1.54) is 11.0 Å². The van der Waals surface area contributed by atoms with Gasteiger partial charge in [0, 0.05) is 12.0 Å². The summed E-state index contributed by atoms with van der Waals surface area (Å²) < 4.78 is 27.0. The van der Waals surface area contributed by atoms with Crippen LogP contribution in [0.2, 0.25) is 0 Å². The van der Waals surface area contributed by atoms with Crippen LogP contribution in [0.1, 0.15) is 57.3 Å². The molecule has 2 fully saturated rings. The highest BCUT2D eigenvalue weighted by atomic mass is 19.1. The molecule has 7 heteroatoms. The molecule has 26 heavy (non-hydrogen) atoms. The number of rotatable bonds is 2. The van der Waals surface area contributed by atoms with Crippen LogP contribution in [0.15, 0.2) is 18.2 Å². The molecule has 0 aliphatic carbocycles. The average molecular weight is 358 g/mol. The second-order valence-electron chi connectivity index (χ2n) is 7.94. The van der Waals surface area contributed by atoms with Crippen LogP contribution >= 0.6 is 0 Å². The number of nitrogens with zero attached hydrogens (tertiary/aromatic N) is 2. The lowest BCUT2D eigenvalue weighted by Crippen LogP contribution is -2.44. The van der Waals surface area contributed by atoms with Gasteiger partial charge < -0.3 is 14.2 Å². The van der Waals surface area contributed by atoms with Crippen LogP contribution in [0.3, 0.4) is 0 Å². The summed E-state index contributed by atoms with van der Waals surface area (Å²) >= 11 is 0. The fourth-order valence-electron chi connectivity index (χ4n) is 3.33. The number of likely N-dealkylation sites (tertiary alicyclic amines) is 1. The van der Waals surface area contributed by atoms with Crippen molar-refractivity contribution in [2.45, 2.75) is 64.2 Å². The second kappa shape index (κ2) is 6.68. The molecule has 0 N–H and O–H groups in total. The standard InChI is InChI=1S/C19H24BFN2O3/c1-18(2)19(3,4)26-20(25-18)15-10-7-9-14(16(15)21)17(24)23-11-6-5-8-13(23)12-22/h7,9-10,13H,5-6,8,11H2,1-4H3. The Morgan fingerprint density at radius 3 is 2.54 bits per heavy atom. The van der Waals surface area contributed by atoms with E-state index in [1.54, 1.807) is 12.1 Å². The molecule has 2 heterocycles. The first kappa shape index (κ1) is 18.9. The van der Waals surface area contributed by atoms with Crippen LogP contribution in [0, 0.1) is 17.1 Å². The molecular weight excluding hydrogens is 334 g/mol. The molecule has 0 aromatic heterocycles. The summed E-state index contributed by atoms with van der Waals surface area (Å²) in [6.07, 6.45) is 2.35. The third-order valence-electron chi connectivity index (χ3n) is 5.68. The van der Waals surface area contributed by atoms with Crippen molar-refractivity contribution in [1.29, 1.82) is 5.26 Å². The van der Waals surface area contributed by atoms with Crippen LogP contribution in [0.4, 0.5) is 4.39 Å². The maximum absolute atomic E-state index is 15.2. The molecule has 1 atom stereocenters. The molecule has 0 radical (unpaired) electrons. The molecule has 3 rings (SSSR count). The first-order valence-electron chi connectivity index (χ1n) is 9.02. The van der Waals surface area contributed by atoms with Gasteiger partial charge in [-0.05, 0) is 53.0 Å². The van der Waals surface area contributed by atoms with Crippen molar-refractivity contribution in [3.63, 3.8) is 0 Å². The normalized spacial score (nSPS) is 24.4. The summed E-state index contributed by atoms with van der Waals surface area (Å²) in [5, 5.41) is 9.29. The zero-order chi connectivity index (χ0) is 19.1. The van der Waals surface area contributed by atoms with Crippen LogP contribution in [0.25, 0.3) is 0 Å². The molecule has 0 saturated carbocycles. The van der Waals surface area contributed by atoms with Gasteiger partial charge in [0.15, 0.2) is 0 Å². The highest BCUT2D eigenvalue weighted by Gasteiger charge is 2.52. The first-order chi connectivity index (χ1) is 12.2. The number of hydrogen-bond acceptors (Lipinski definition) is 4. The molecule has 1 amide bonds. The summed E-state index contributed by atoms with van der Waals surface area (Å²) in [5.41, 5.74) is -1.02. The lowest BCUT2D eigenvalue weighted by Gasteiger charge is -2.32. The fraction of sp³-hybridized carbons (Fsp3) is 0.579. The zero-order valence-corrected chi connectivity index (χ0v) is 15.7. The molecule has 2 aliphatic rings. The van der Waals surface area contributed by atoms with Gasteiger partial charge in [-0.1, -0.05) is 12.1 Å². The summed E-state index contributed by atoms with van der Waals surface area (Å²) in [4.78, 5) is 14.3. The third kappa shape index (κ3) is 3.12. The summed E-state index contributed by atoms with van der Waals surface area (Å²) in [7, 11) is -0.874. The van der Waals surface area contributed by atoms with E-state index in [0.29, 0.717) is 13.0 Å². The third-order valence-corrected chi connectivity index (χ3v) is 5.68. The molecule has 1 unspecified atom stereocenters. The number of nitriles is 1. The summed E-state index contributed by atoms with van der Waals surface area (Å²) in [5.74, 6) is -1.09. The Morgan fingerprint density at radius 1 is 1.27 bits per heavy atom. The molecule has 138 valence electrons. The van der Waals surface area contributed by atoms with Crippen molar-refractivity contribution in [2.75, 3.05) is 6.54 Å². The van der Waals surface area contributed by atoms with Gasteiger partial charge >= 0.3 is 7.12 Å². The minimum absolute atomic E-state index is 0.0423. The number of benzene rings is 1. The van der Waals surface area contributed by atoms with Gasteiger partial charge in [0.1, 0.15) is 11.9 Å². The minimum atomic E-state index is -0.874. The van der Waals surface area contributed by atoms with Crippen molar-refractivity contribution in [2.24, 2.45) is 0 Å². The van der Waals surface area contributed by atoms with Crippen LogP contribution in [0.5, 0.6) is 0 Å². The first-order valence-corrected chi connectivity index (χ1v) is 9.02. The van der Waals surface area contributed by atoms with E-state index < -0.39 is 36.1 Å². The molecule has 0 bridgehead atoms. The Kier molecular flexibility index (Phi) is 4.85. The number of carbonyl (C=O) groups excluding carboxylic acids is 1. The summed E-state index contributed by atoms with van der Waals surface area (Å²) in [6, 6.07) is 6.30. The Labute approximate surface area is 154 Å². The van der Waals surface area contributed by atoms with E-state index in [1.807, 2.05) is 27.7 Å². The molecule has 2 aliphatic heterocycles. The molecular formula is C19H24BFN2O3. The van der Waals surface area contributed by atoms with Crippen molar-refractivity contribution < 1.29 is 18.5 Å². The van der Waals surface area contributed by atoms with Crippen LogP contribution < -0.4 is 5.46 Å². The predicted molar refractivity (Wildman–Crippen MR) is 96.4 cm³/mol.